The minimum Gasteiger partial charge on any atom is -0.480 e. The van der Waals surface area contributed by atoms with Crippen LogP contribution >= 0.6 is 0 Å². The average Bonchev–Trinajstić information content (AvgIpc) is 2.81. The Morgan fingerprint density at radius 3 is 2.44 bits per heavy atom. The van der Waals surface area contributed by atoms with Crippen LogP contribution in [0.3, 0.4) is 0 Å². The van der Waals surface area contributed by atoms with Crippen molar-refractivity contribution in [1.82, 2.24) is 16.0 Å². The third-order valence-electron chi connectivity index (χ3n) is 5.43. The first-order chi connectivity index (χ1) is 18.8. The molecule has 1 amide bonds. The van der Waals surface area contributed by atoms with Crippen LogP contribution in [0, 0.1) is 11.2 Å². The molecule has 1 aromatic rings. The predicted octanol–water partition coefficient (Wildman–Crippen LogP) is 5.32. The molecule has 0 fully saturated rings. The molecule has 1 atom stereocenters. The number of amides is 1. The number of benzene rings is 1. The van der Waals surface area contributed by atoms with E-state index in [2.05, 4.69) is 33.9 Å². The van der Waals surface area contributed by atoms with Gasteiger partial charge in [-0.25, -0.2) is 4.39 Å². The van der Waals surface area contributed by atoms with Crippen molar-refractivity contribution in [2.75, 3.05) is 38.6 Å². The molecule has 5 N–H and O–H groups in total. The summed E-state index contributed by atoms with van der Waals surface area (Å²) in [5, 5.41) is 21.3. The number of carboxylic acids is 1. The van der Waals surface area contributed by atoms with Gasteiger partial charge < -0.3 is 25.2 Å². The molecule has 0 aliphatic carbocycles. The quantitative estimate of drug-likeness (QED) is 0.0850. The van der Waals surface area contributed by atoms with Crippen LogP contribution in [0.5, 0.6) is 0 Å². The smallest absolute Gasteiger partial charge is 0.320 e. The first-order valence-corrected chi connectivity index (χ1v) is 13.4. The van der Waals surface area contributed by atoms with Gasteiger partial charge in [-0.1, -0.05) is 69.7 Å². The van der Waals surface area contributed by atoms with Gasteiger partial charge in [-0.15, -0.1) is 0 Å². The van der Waals surface area contributed by atoms with Gasteiger partial charge in [0.25, 0.3) is 0 Å². The van der Waals surface area contributed by atoms with E-state index in [1.54, 1.807) is 6.07 Å². The van der Waals surface area contributed by atoms with Crippen LogP contribution in [0.25, 0.3) is 0 Å². The summed E-state index contributed by atoms with van der Waals surface area (Å²) in [6.45, 7) is 17.2. The van der Waals surface area contributed by atoms with Gasteiger partial charge in [-0.2, -0.15) is 0 Å². The first-order valence-electron chi connectivity index (χ1n) is 13.4. The molecule has 0 radical (unpaired) electrons. The first kappa shape index (κ1) is 38.0. The summed E-state index contributed by atoms with van der Waals surface area (Å²) in [5.41, 5.74) is 4.36. The fourth-order valence-electron chi connectivity index (χ4n) is 3.74. The second kappa shape index (κ2) is 19.9. The standard InChI is InChI=1S/C30H47FN4O5.CH4/c1-21(2)12-22(3)13-23(4)16-32-18-40-20-35-27-14-25(31)9-8-24(27)17-39-19-34-26(29(37)38)10-11-33-28(36)15-30(5,6)7;/h8-9,12-14,26,32,34-35H,1,10-11,15-20H2,2-7H3,(H,33,36)(H,37,38);1H4/b22-12-,23-13-;/t26-;/m0./s1. The zero-order valence-corrected chi connectivity index (χ0v) is 24.8. The second-order valence-electron chi connectivity index (χ2n) is 11.1. The van der Waals surface area contributed by atoms with E-state index in [1.165, 1.54) is 12.1 Å². The van der Waals surface area contributed by atoms with Crippen LogP contribution in [0.15, 0.2) is 53.6 Å². The molecule has 0 bridgehead atoms. The van der Waals surface area contributed by atoms with Crippen LogP contribution < -0.4 is 21.3 Å². The molecular weight excluding hydrogens is 527 g/mol. The largest absolute Gasteiger partial charge is 0.480 e. The second-order valence-corrected chi connectivity index (χ2v) is 11.1. The van der Waals surface area contributed by atoms with Crippen LogP contribution in [0.4, 0.5) is 10.1 Å². The molecule has 0 saturated carbocycles. The predicted molar refractivity (Wildman–Crippen MR) is 164 cm³/mol. The summed E-state index contributed by atoms with van der Waals surface area (Å²) in [6.07, 6.45) is 4.67. The van der Waals surface area contributed by atoms with Crippen LogP contribution in [0.2, 0.25) is 0 Å². The number of anilines is 1. The fraction of sp³-hybridized carbons (Fsp3) is 0.548. The molecule has 232 valence electrons. The van der Waals surface area contributed by atoms with E-state index in [0.717, 1.165) is 16.7 Å². The SMILES string of the molecule is C.C=C(C)/C=C(C)\C=C(\C)CNCOCNc1cc(F)ccc1COCN[C@@H](CCNC(=O)CC(C)(C)C)C(=O)O. The number of carbonyl (C=O) groups excluding carboxylic acids is 1. The molecule has 0 aromatic heterocycles. The van der Waals surface area contributed by atoms with Crippen molar-refractivity contribution in [2.24, 2.45) is 5.41 Å². The van der Waals surface area contributed by atoms with Crippen molar-refractivity contribution in [2.45, 2.75) is 74.5 Å². The van der Waals surface area contributed by atoms with Crippen molar-refractivity contribution in [3.63, 3.8) is 0 Å². The van der Waals surface area contributed by atoms with Crippen LogP contribution in [-0.4, -0.2) is 56.3 Å². The van der Waals surface area contributed by atoms with E-state index < -0.39 is 17.8 Å². The van der Waals surface area contributed by atoms with E-state index in [1.807, 2.05) is 47.6 Å². The van der Waals surface area contributed by atoms with Crippen molar-refractivity contribution in [3.05, 3.63) is 65.0 Å². The van der Waals surface area contributed by atoms with Crippen molar-refractivity contribution < 1.29 is 28.6 Å². The number of aliphatic carboxylic acids is 1. The van der Waals surface area contributed by atoms with Crippen molar-refractivity contribution in [1.29, 1.82) is 0 Å². The van der Waals surface area contributed by atoms with Gasteiger partial charge in [-0.3, -0.25) is 20.2 Å². The third-order valence-corrected chi connectivity index (χ3v) is 5.43. The van der Waals surface area contributed by atoms with Gasteiger partial charge in [0.15, 0.2) is 0 Å². The Bertz CT molecular complexity index is 1030. The van der Waals surface area contributed by atoms with E-state index in [-0.39, 0.29) is 51.8 Å². The summed E-state index contributed by atoms with van der Waals surface area (Å²) in [5.74, 6) is -1.55. The summed E-state index contributed by atoms with van der Waals surface area (Å²) < 4.78 is 25.0. The maximum atomic E-state index is 13.8. The van der Waals surface area contributed by atoms with Gasteiger partial charge in [0, 0.05) is 30.8 Å². The molecule has 0 saturated heterocycles. The number of hydrogen-bond donors (Lipinski definition) is 5. The number of hydrogen-bond acceptors (Lipinski definition) is 7. The average molecular weight is 579 g/mol. The lowest BCUT2D eigenvalue weighted by Crippen LogP contribution is -2.41. The van der Waals surface area contributed by atoms with Gasteiger partial charge in [-0.05, 0) is 44.7 Å². The van der Waals surface area contributed by atoms with Gasteiger partial charge in [0.2, 0.25) is 5.91 Å². The zero-order valence-electron chi connectivity index (χ0n) is 24.8. The number of allylic oxidation sites excluding steroid dienone is 4. The summed E-state index contributed by atoms with van der Waals surface area (Å²) >= 11 is 0. The number of nitrogens with one attached hydrogen (secondary N) is 4. The Morgan fingerprint density at radius 1 is 1.10 bits per heavy atom. The lowest BCUT2D eigenvalue weighted by Gasteiger charge is -2.19. The molecular formula is C31H51FN4O5. The Balaban J connectivity index is 0.0000160. The maximum absolute atomic E-state index is 13.8. The normalized spacial score (nSPS) is 12.9. The van der Waals surface area contributed by atoms with Gasteiger partial charge in [0.05, 0.1) is 20.1 Å². The fourth-order valence-corrected chi connectivity index (χ4v) is 3.74. The molecule has 0 unspecified atom stereocenters. The van der Waals surface area contributed by atoms with Gasteiger partial charge >= 0.3 is 5.97 Å². The Morgan fingerprint density at radius 2 is 1.80 bits per heavy atom. The Labute approximate surface area is 245 Å². The molecule has 1 aromatic carbocycles. The Kier molecular flexibility index (Phi) is 18.4. The molecule has 0 aliphatic heterocycles. The van der Waals surface area contributed by atoms with E-state index in [4.69, 9.17) is 9.47 Å². The monoisotopic (exact) mass is 578 g/mol. The molecule has 1 rings (SSSR count). The molecule has 0 spiro atoms. The molecule has 0 heterocycles. The van der Waals surface area contributed by atoms with Crippen LogP contribution in [0.1, 0.15) is 67.4 Å². The third kappa shape index (κ3) is 18.8. The molecule has 9 nitrogen and oxygen atoms in total. The minimum atomic E-state index is -1.03. The number of carboxylic acid groups (broad SMARTS) is 1. The minimum absolute atomic E-state index is 0. The lowest BCUT2D eigenvalue weighted by atomic mass is 9.92. The highest BCUT2D eigenvalue weighted by molar-refractivity contribution is 5.77. The summed E-state index contributed by atoms with van der Waals surface area (Å²) in [7, 11) is 0. The topological polar surface area (TPSA) is 121 Å². The summed E-state index contributed by atoms with van der Waals surface area (Å²) in [4.78, 5) is 23.5. The number of carbonyl (C=O) groups is 2. The molecule has 41 heavy (non-hydrogen) atoms. The van der Waals surface area contributed by atoms with Crippen molar-refractivity contribution >= 4 is 17.6 Å². The lowest BCUT2D eigenvalue weighted by molar-refractivity contribution is -0.140. The van der Waals surface area contributed by atoms with E-state index >= 15 is 0 Å². The highest BCUT2D eigenvalue weighted by Gasteiger charge is 2.19. The van der Waals surface area contributed by atoms with Crippen LogP contribution in [-0.2, 0) is 25.7 Å². The zero-order chi connectivity index (χ0) is 30.1. The number of rotatable bonds is 19. The highest BCUT2D eigenvalue weighted by Crippen LogP contribution is 2.19. The Hall–Kier alpha value is -3.05. The van der Waals surface area contributed by atoms with Crippen molar-refractivity contribution in [3.8, 4) is 0 Å². The summed E-state index contributed by atoms with van der Waals surface area (Å²) in [6, 6.07) is 3.41. The molecule has 10 heteroatoms. The number of halogens is 1. The van der Waals surface area contributed by atoms with E-state index in [9.17, 15) is 19.1 Å². The number of ether oxygens (including phenoxy) is 2. The maximum Gasteiger partial charge on any atom is 0.320 e. The highest BCUT2D eigenvalue weighted by atomic mass is 19.1. The molecule has 0 aliphatic rings. The van der Waals surface area contributed by atoms with E-state index in [0.29, 0.717) is 30.9 Å². The van der Waals surface area contributed by atoms with Gasteiger partial charge in [0.1, 0.15) is 18.6 Å².